The average molecular weight is 317 g/mol. The summed E-state index contributed by atoms with van der Waals surface area (Å²) in [6.45, 7) is 1.04. The van der Waals surface area contributed by atoms with Crippen molar-refractivity contribution in [2.45, 2.75) is 6.54 Å². The molecule has 24 heavy (non-hydrogen) atoms. The Morgan fingerprint density at radius 1 is 1.04 bits per heavy atom. The molecule has 3 aromatic rings. The fourth-order valence-corrected chi connectivity index (χ4v) is 2.26. The van der Waals surface area contributed by atoms with Gasteiger partial charge in [0.05, 0.1) is 12.9 Å². The Balaban J connectivity index is 1.64. The molecule has 0 radical (unpaired) electrons. The summed E-state index contributed by atoms with van der Waals surface area (Å²) in [5.41, 5.74) is 3.05. The Morgan fingerprint density at radius 3 is 2.50 bits per heavy atom. The van der Waals surface area contributed by atoms with Crippen molar-refractivity contribution in [3.8, 4) is 0 Å². The number of nitrogens with zero attached hydrogens (tertiary/aromatic N) is 3. The van der Waals surface area contributed by atoms with Crippen LogP contribution in [0, 0.1) is 0 Å². The topological polar surface area (TPSA) is 39.4 Å². The van der Waals surface area contributed by atoms with Crippen LogP contribution >= 0.6 is 0 Å². The maximum absolute atomic E-state index is 5.49. The maximum atomic E-state index is 5.49. The second kappa shape index (κ2) is 8.48. The van der Waals surface area contributed by atoms with E-state index in [9.17, 15) is 0 Å². The Labute approximate surface area is 141 Å². The molecule has 0 saturated carbocycles. The van der Waals surface area contributed by atoms with Gasteiger partial charge in [-0.05, 0) is 11.6 Å². The highest BCUT2D eigenvalue weighted by Crippen LogP contribution is 2.05. The fraction of sp³-hybridized carbons (Fsp3) is 0.100. The second-order valence-corrected chi connectivity index (χ2v) is 5.25. The van der Waals surface area contributed by atoms with Gasteiger partial charge in [-0.2, -0.15) is 0 Å². The number of hydrogen-bond acceptors (Lipinski definition) is 3. The number of oxime groups is 1. The molecular weight excluding hydrogens is 298 g/mol. The molecule has 0 amide bonds. The molecule has 4 nitrogen and oxygen atoms in total. The molecule has 0 aliphatic rings. The summed E-state index contributed by atoms with van der Waals surface area (Å²) in [6.07, 6.45) is 9.42. The van der Waals surface area contributed by atoms with Gasteiger partial charge >= 0.3 is 0 Å². The maximum Gasteiger partial charge on any atom is 0.135 e. The number of benzene rings is 2. The number of hydrogen-bond donors (Lipinski definition) is 0. The van der Waals surface area contributed by atoms with E-state index in [4.69, 9.17) is 4.84 Å². The van der Waals surface area contributed by atoms with Crippen LogP contribution in [0.25, 0.3) is 6.08 Å². The molecular formula is C20H19N3O. The first-order valence-corrected chi connectivity index (χ1v) is 7.83. The lowest BCUT2D eigenvalue weighted by molar-refractivity contribution is 0.174. The van der Waals surface area contributed by atoms with Crippen LogP contribution in [0.2, 0.25) is 0 Å². The molecule has 0 unspecified atom stereocenters. The first kappa shape index (κ1) is 15.7. The smallest absolute Gasteiger partial charge is 0.135 e. The highest BCUT2D eigenvalue weighted by Gasteiger charge is 2.05. The zero-order chi connectivity index (χ0) is 16.5. The van der Waals surface area contributed by atoms with Crippen molar-refractivity contribution in [3.05, 3.63) is 96.6 Å². The molecule has 3 rings (SSSR count). The first-order chi connectivity index (χ1) is 11.9. The van der Waals surface area contributed by atoms with E-state index in [-0.39, 0.29) is 0 Å². The predicted molar refractivity (Wildman–Crippen MR) is 96.6 cm³/mol. The van der Waals surface area contributed by atoms with Crippen molar-refractivity contribution in [1.29, 1.82) is 0 Å². The van der Waals surface area contributed by atoms with Gasteiger partial charge in [0.1, 0.15) is 12.3 Å². The minimum absolute atomic E-state index is 0.426. The predicted octanol–water partition coefficient (Wildman–Crippen LogP) is 4.02. The molecule has 1 heterocycles. The van der Waals surface area contributed by atoms with Crippen LogP contribution in [0.15, 0.2) is 90.6 Å². The minimum atomic E-state index is 0.426. The largest absolute Gasteiger partial charge is 0.391 e. The van der Waals surface area contributed by atoms with E-state index in [1.807, 2.05) is 83.6 Å². The van der Waals surface area contributed by atoms with Crippen molar-refractivity contribution in [3.63, 3.8) is 0 Å². The molecule has 4 heteroatoms. The Morgan fingerprint density at radius 2 is 1.79 bits per heavy atom. The van der Waals surface area contributed by atoms with Crippen LogP contribution in [-0.4, -0.2) is 21.9 Å². The van der Waals surface area contributed by atoms with Gasteiger partial charge in [0.25, 0.3) is 0 Å². The summed E-state index contributed by atoms with van der Waals surface area (Å²) in [5.74, 6) is 0. The third-order valence-corrected chi connectivity index (χ3v) is 3.45. The van der Waals surface area contributed by atoms with Crippen LogP contribution in [-0.2, 0) is 11.4 Å². The van der Waals surface area contributed by atoms with Gasteiger partial charge in [-0.3, -0.25) is 0 Å². The number of imidazole rings is 1. The first-order valence-electron chi connectivity index (χ1n) is 7.83. The van der Waals surface area contributed by atoms with Gasteiger partial charge < -0.3 is 9.40 Å². The number of aromatic nitrogens is 2. The molecule has 0 saturated heterocycles. The highest BCUT2D eigenvalue weighted by molar-refractivity contribution is 6.00. The standard InChI is InChI=1S/C20H19N3O/c1-3-8-18(9-4-1)10-7-15-24-22-20(16-23-14-13-21-17-23)19-11-5-2-6-12-19/h1-14,17H,15-16H2/b10-7+,22-20-. The summed E-state index contributed by atoms with van der Waals surface area (Å²) in [7, 11) is 0. The zero-order valence-electron chi connectivity index (χ0n) is 13.3. The van der Waals surface area contributed by atoms with E-state index in [1.54, 1.807) is 12.5 Å². The van der Waals surface area contributed by atoms with E-state index in [2.05, 4.69) is 10.1 Å². The van der Waals surface area contributed by atoms with Crippen LogP contribution in [0.3, 0.4) is 0 Å². The lowest BCUT2D eigenvalue weighted by Crippen LogP contribution is -2.11. The monoisotopic (exact) mass is 317 g/mol. The van der Waals surface area contributed by atoms with Crippen molar-refractivity contribution < 1.29 is 4.84 Å². The lowest BCUT2D eigenvalue weighted by atomic mass is 10.1. The van der Waals surface area contributed by atoms with Gasteiger partial charge in [0.15, 0.2) is 0 Å². The summed E-state index contributed by atoms with van der Waals surface area (Å²) in [4.78, 5) is 9.56. The van der Waals surface area contributed by atoms with Crippen LogP contribution in [0.5, 0.6) is 0 Å². The zero-order valence-corrected chi connectivity index (χ0v) is 13.3. The second-order valence-electron chi connectivity index (χ2n) is 5.25. The van der Waals surface area contributed by atoms with E-state index in [0.29, 0.717) is 13.2 Å². The molecule has 0 aliphatic carbocycles. The van der Waals surface area contributed by atoms with E-state index in [1.165, 1.54) is 0 Å². The summed E-state index contributed by atoms with van der Waals surface area (Å²) >= 11 is 0. The number of rotatable bonds is 7. The van der Waals surface area contributed by atoms with E-state index < -0.39 is 0 Å². The molecule has 0 aliphatic heterocycles. The molecule has 0 bridgehead atoms. The molecule has 1 aromatic heterocycles. The van der Waals surface area contributed by atoms with Gasteiger partial charge in [-0.1, -0.05) is 71.9 Å². The molecule has 0 N–H and O–H groups in total. The molecule has 0 atom stereocenters. The van der Waals surface area contributed by atoms with Crippen molar-refractivity contribution in [1.82, 2.24) is 9.55 Å². The van der Waals surface area contributed by atoms with E-state index >= 15 is 0 Å². The van der Waals surface area contributed by atoms with Crippen molar-refractivity contribution >= 4 is 11.8 Å². The average Bonchev–Trinajstić information content (AvgIpc) is 3.15. The summed E-state index contributed by atoms with van der Waals surface area (Å²) in [5, 5.41) is 4.32. The Kier molecular flexibility index (Phi) is 5.56. The summed E-state index contributed by atoms with van der Waals surface area (Å²) < 4.78 is 1.97. The Hall–Kier alpha value is -3.14. The van der Waals surface area contributed by atoms with E-state index in [0.717, 1.165) is 16.8 Å². The van der Waals surface area contributed by atoms with Crippen molar-refractivity contribution in [2.24, 2.45) is 5.16 Å². The van der Waals surface area contributed by atoms with Gasteiger partial charge in [0, 0.05) is 18.0 Å². The highest BCUT2D eigenvalue weighted by atomic mass is 16.6. The quantitative estimate of drug-likeness (QED) is 0.375. The van der Waals surface area contributed by atoms with Crippen molar-refractivity contribution in [2.75, 3.05) is 6.61 Å². The SMILES string of the molecule is C(=C\c1ccccc1)/CO/N=C(/Cn1ccnc1)c1ccccc1. The molecule has 0 spiro atoms. The molecule has 2 aromatic carbocycles. The fourth-order valence-electron chi connectivity index (χ4n) is 2.26. The molecule has 0 fully saturated rings. The third-order valence-electron chi connectivity index (χ3n) is 3.45. The lowest BCUT2D eigenvalue weighted by Gasteiger charge is -2.07. The Bertz CT molecular complexity index is 778. The normalized spacial score (nSPS) is 11.8. The summed E-state index contributed by atoms with van der Waals surface area (Å²) in [6, 6.07) is 20.2. The molecule has 120 valence electrons. The van der Waals surface area contributed by atoms with Gasteiger partial charge in [-0.25, -0.2) is 4.98 Å². The van der Waals surface area contributed by atoms with Gasteiger partial charge in [0.2, 0.25) is 0 Å². The van der Waals surface area contributed by atoms with Crippen LogP contribution in [0.1, 0.15) is 11.1 Å². The van der Waals surface area contributed by atoms with Gasteiger partial charge in [-0.15, -0.1) is 0 Å². The third kappa shape index (κ3) is 4.68. The van der Waals surface area contributed by atoms with Crippen LogP contribution in [0.4, 0.5) is 0 Å². The minimum Gasteiger partial charge on any atom is -0.391 e. The van der Waals surface area contributed by atoms with Crippen LogP contribution < -0.4 is 0 Å².